The van der Waals surface area contributed by atoms with E-state index in [1.54, 1.807) is 4.90 Å². The Morgan fingerprint density at radius 2 is 1.74 bits per heavy atom. The van der Waals surface area contributed by atoms with Crippen molar-refractivity contribution in [3.63, 3.8) is 0 Å². The summed E-state index contributed by atoms with van der Waals surface area (Å²) in [7, 11) is -1.38. The van der Waals surface area contributed by atoms with Crippen molar-refractivity contribution in [2.24, 2.45) is 5.92 Å². The van der Waals surface area contributed by atoms with Crippen molar-refractivity contribution in [2.75, 3.05) is 33.2 Å². The summed E-state index contributed by atoms with van der Waals surface area (Å²) >= 11 is 12.8. The Labute approximate surface area is 236 Å². The Bertz CT molecular complexity index is 1330. The standard InChI is InChI=1S/C30H34Cl2N2O3S/c1-33(29(35)22-7-3-2-4-8-22)20-24(23-11-12-27(31)28(32)19-23)13-16-34-17-14-30(15-18-34)26-10-6-5-9-25(26)21-38(30,36)37/h2-12,19,24,27-28H,13-18,20-21H2,1H3. The summed E-state index contributed by atoms with van der Waals surface area (Å²) in [6.45, 7) is 2.84. The lowest BCUT2D eigenvalue weighted by Gasteiger charge is -2.39. The smallest absolute Gasteiger partial charge is 0.253 e. The highest BCUT2D eigenvalue weighted by molar-refractivity contribution is 7.92. The van der Waals surface area contributed by atoms with Crippen LogP contribution in [0.2, 0.25) is 0 Å². The summed E-state index contributed by atoms with van der Waals surface area (Å²) in [4.78, 5) is 17.2. The minimum atomic E-state index is -3.22. The molecule has 2 heterocycles. The van der Waals surface area contributed by atoms with Gasteiger partial charge in [0.1, 0.15) is 4.75 Å². The summed E-state index contributed by atoms with van der Waals surface area (Å²) < 4.78 is 25.7. The van der Waals surface area contributed by atoms with Gasteiger partial charge in [-0.2, -0.15) is 0 Å². The van der Waals surface area contributed by atoms with Crippen LogP contribution in [0.5, 0.6) is 0 Å². The first-order chi connectivity index (χ1) is 18.2. The third kappa shape index (κ3) is 5.33. The fourth-order valence-corrected chi connectivity index (χ4v) is 8.80. The Hall–Kier alpha value is -2.12. The number of allylic oxidation sites excluding steroid dienone is 3. The summed E-state index contributed by atoms with van der Waals surface area (Å²) in [5, 5.41) is -0.545. The van der Waals surface area contributed by atoms with Gasteiger partial charge in [0.05, 0.1) is 16.5 Å². The second-order valence-corrected chi connectivity index (χ2v) is 14.0. The first kappa shape index (κ1) is 27.4. The first-order valence-electron chi connectivity index (χ1n) is 13.2. The summed E-state index contributed by atoms with van der Waals surface area (Å²) in [6, 6.07) is 17.1. The fraction of sp³-hybridized carbons (Fsp3) is 0.433. The number of carbonyl (C=O) groups excluding carboxylic acids is 1. The van der Waals surface area contributed by atoms with Crippen LogP contribution in [0, 0.1) is 5.92 Å². The van der Waals surface area contributed by atoms with E-state index in [9.17, 15) is 13.2 Å². The molecule has 0 bridgehead atoms. The van der Waals surface area contributed by atoms with Gasteiger partial charge in [-0.25, -0.2) is 8.42 Å². The van der Waals surface area contributed by atoms with Crippen LogP contribution in [-0.2, 0) is 20.3 Å². The Morgan fingerprint density at radius 3 is 2.45 bits per heavy atom. The number of sulfone groups is 1. The van der Waals surface area contributed by atoms with Crippen LogP contribution in [0.4, 0.5) is 0 Å². The molecule has 38 heavy (non-hydrogen) atoms. The number of fused-ring (bicyclic) bond motifs is 2. The van der Waals surface area contributed by atoms with Crippen LogP contribution in [0.3, 0.4) is 0 Å². The number of halogens is 2. The van der Waals surface area contributed by atoms with Gasteiger partial charge in [-0.3, -0.25) is 4.79 Å². The normalized spacial score (nSPS) is 24.6. The van der Waals surface area contributed by atoms with E-state index in [2.05, 4.69) is 4.90 Å². The van der Waals surface area contributed by atoms with Crippen molar-refractivity contribution in [3.05, 3.63) is 95.1 Å². The molecule has 5 nitrogen and oxygen atoms in total. The number of carbonyl (C=O) groups is 1. The Kier molecular flexibility index (Phi) is 8.07. The molecule has 3 atom stereocenters. The van der Waals surface area contributed by atoms with E-state index >= 15 is 0 Å². The quantitative estimate of drug-likeness (QED) is 0.417. The number of hydrogen-bond acceptors (Lipinski definition) is 4. The van der Waals surface area contributed by atoms with Crippen molar-refractivity contribution in [1.29, 1.82) is 0 Å². The molecular weight excluding hydrogens is 539 g/mol. The minimum absolute atomic E-state index is 0.0151. The van der Waals surface area contributed by atoms with Gasteiger partial charge in [0, 0.05) is 25.1 Å². The van der Waals surface area contributed by atoms with E-state index in [0.717, 1.165) is 42.8 Å². The molecule has 3 aliphatic rings. The zero-order valence-corrected chi connectivity index (χ0v) is 23.9. The van der Waals surface area contributed by atoms with Crippen molar-refractivity contribution < 1.29 is 13.2 Å². The number of hydrogen-bond donors (Lipinski definition) is 0. The van der Waals surface area contributed by atoms with Crippen LogP contribution in [-0.4, -0.2) is 68.1 Å². The van der Waals surface area contributed by atoms with Gasteiger partial charge < -0.3 is 9.80 Å². The zero-order chi connectivity index (χ0) is 26.9. The summed E-state index contributed by atoms with van der Waals surface area (Å²) in [6.07, 6.45) is 8.03. The molecule has 202 valence electrons. The number of amides is 1. The predicted molar refractivity (Wildman–Crippen MR) is 154 cm³/mol. The topological polar surface area (TPSA) is 57.7 Å². The minimum Gasteiger partial charge on any atom is -0.341 e. The lowest BCUT2D eigenvalue weighted by atomic mass is 9.85. The third-order valence-electron chi connectivity index (χ3n) is 8.37. The van der Waals surface area contributed by atoms with E-state index in [1.807, 2.05) is 79.9 Å². The average Bonchev–Trinajstić information content (AvgIpc) is 3.14. The third-order valence-corrected chi connectivity index (χ3v) is 11.8. The largest absolute Gasteiger partial charge is 0.341 e. The van der Waals surface area contributed by atoms with Crippen LogP contribution < -0.4 is 0 Å². The summed E-state index contributed by atoms with van der Waals surface area (Å²) in [5.74, 6) is 0.217. The molecular formula is C30H34Cl2N2O3S. The van der Waals surface area contributed by atoms with Crippen molar-refractivity contribution in [3.8, 4) is 0 Å². The molecule has 5 rings (SSSR count). The molecule has 0 aromatic heterocycles. The molecule has 0 saturated carbocycles. The van der Waals surface area contributed by atoms with Crippen molar-refractivity contribution in [1.82, 2.24) is 9.80 Å². The van der Waals surface area contributed by atoms with Crippen LogP contribution in [0.15, 0.2) is 78.4 Å². The molecule has 2 aromatic carbocycles. The first-order valence-corrected chi connectivity index (χ1v) is 15.7. The Morgan fingerprint density at radius 1 is 1.05 bits per heavy atom. The molecule has 1 amide bonds. The van der Waals surface area contributed by atoms with Gasteiger partial charge in [0.25, 0.3) is 5.91 Å². The maximum absolute atomic E-state index is 13.2. The predicted octanol–water partition coefficient (Wildman–Crippen LogP) is 5.40. The second kappa shape index (κ2) is 11.2. The van der Waals surface area contributed by atoms with E-state index < -0.39 is 14.6 Å². The van der Waals surface area contributed by atoms with Crippen molar-refractivity contribution in [2.45, 2.75) is 40.5 Å². The molecule has 0 radical (unpaired) electrons. The second-order valence-electron chi connectivity index (χ2n) is 10.7. The molecule has 8 heteroatoms. The lowest BCUT2D eigenvalue weighted by Crippen LogP contribution is -2.46. The highest BCUT2D eigenvalue weighted by Gasteiger charge is 2.52. The van der Waals surface area contributed by atoms with Crippen molar-refractivity contribution >= 4 is 38.9 Å². The monoisotopic (exact) mass is 572 g/mol. The molecule has 1 spiro atoms. The number of nitrogens with zero attached hydrogens (tertiary/aromatic N) is 2. The van der Waals surface area contributed by atoms with Crippen LogP contribution >= 0.6 is 23.2 Å². The molecule has 1 fully saturated rings. The van der Waals surface area contributed by atoms with Gasteiger partial charge in [0.15, 0.2) is 9.84 Å². The Balaban J connectivity index is 1.27. The number of alkyl halides is 2. The zero-order valence-electron chi connectivity index (χ0n) is 21.6. The number of benzene rings is 2. The molecule has 2 aromatic rings. The van der Waals surface area contributed by atoms with Gasteiger partial charge >= 0.3 is 0 Å². The van der Waals surface area contributed by atoms with E-state index in [4.69, 9.17) is 23.2 Å². The van der Waals surface area contributed by atoms with Gasteiger partial charge in [-0.15, -0.1) is 23.2 Å². The number of piperidine rings is 1. The molecule has 1 saturated heterocycles. The number of likely N-dealkylation sites (tertiary alicyclic amines) is 1. The maximum atomic E-state index is 13.2. The van der Waals surface area contributed by atoms with E-state index in [-0.39, 0.29) is 28.3 Å². The lowest BCUT2D eigenvalue weighted by molar-refractivity contribution is 0.0773. The van der Waals surface area contributed by atoms with E-state index in [1.165, 1.54) is 0 Å². The summed E-state index contributed by atoms with van der Waals surface area (Å²) in [5.41, 5.74) is 3.71. The van der Waals surface area contributed by atoms with E-state index in [0.29, 0.717) is 24.9 Å². The maximum Gasteiger partial charge on any atom is 0.253 e. The molecule has 1 aliphatic carbocycles. The van der Waals surface area contributed by atoms with Crippen LogP contribution in [0.25, 0.3) is 0 Å². The fourth-order valence-electron chi connectivity index (χ4n) is 6.15. The van der Waals surface area contributed by atoms with Gasteiger partial charge in [-0.05, 0) is 67.7 Å². The van der Waals surface area contributed by atoms with Crippen LogP contribution in [0.1, 0.15) is 40.7 Å². The highest BCUT2D eigenvalue weighted by atomic mass is 35.5. The average molecular weight is 574 g/mol. The SMILES string of the molecule is CN(CC(CCN1CCC2(CC1)c1ccccc1CS2(=O)=O)C1=CC(Cl)C(Cl)C=C1)C(=O)c1ccccc1. The van der Waals surface area contributed by atoms with Gasteiger partial charge in [0.2, 0.25) is 0 Å². The number of rotatable bonds is 7. The highest BCUT2D eigenvalue weighted by Crippen LogP contribution is 2.48. The molecule has 2 aliphatic heterocycles. The molecule has 3 unspecified atom stereocenters. The molecule has 0 N–H and O–H groups in total. The van der Waals surface area contributed by atoms with Gasteiger partial charge in [-0.1, -0.05) is 60.7 Å².